The number of aliphatic hydroxyl groups is 1. The summed E-state index contributed by atoms with van der Waals surface area (Å²) in [6, 6.07) is 3.91. The van der Waals surface area contributed by atoms with E-state index in [0.29, 0.717) is 31.5 Å². The van der Waals surface area contributed by atoms with E-state index in [0.717, 1.165) is 0 Å². The van der Waals surface area contributed by atoms with Gasteiger partial charge in [0.2, 0.25) is 0 Å². The third kappa shape index (κ3) is 6.87. The Morgan fingerprint density at radius 2 is 2.08 bits per heavy atom. The number of guanidine groups is 1. The molecule has 0 aliphatic heterocycles. The molecule has 1 aromatic rings. The van der Waals surface area contributed by atoms with Gasteiger partial charge in [0.1, 0.15) is 6.04 Å². The monoisotopic (exact) mass is 367 g/mol. The lowest BCUT2D eigenvalue weighted by Gasteiger charge is -2.22. The highest BCUT2D eigenvalue weighted by Gasteiger charge is 2.24. The number of aliphatic hydroxyl groups excluding tert-OH is 1. The highest BCUT2D eigenvalue weighted by molar-refractivity contribution is 5.79. The molecule has 0 aliphatic rings. The molecule has 0 aromatic heterocycles. The number of rotatable bonds is 10. The van der Waals surface area contributed by atoms with Crippen LogP contribution in [-0.2, 0) is 4.79 Å². The third-order valence-corrected chi connectivity index (χ3v) is 3.80. The highest BCUT2D eigenvalue weighted by atomic mass is 16.5. The third-order valence-electron chi connectivity index (χ3n) is 3.80. The van der Waals surface area contributed by atoms with Crippen molar-refractivity contribution in [2.45, 2.75) is 25.0 Å². The lowest BCUT2D eigenvalue weighted by Crippen LogP contribution is -2.38. The number of aromatic hydroxyl groups is 1. The SMILES string of the molecule is CNCC(O)c1ccc(O)c(OC(=O)[C@H](CCCN=C(N)N)N(C)C)c1. The predicted octanol–water partition coefficient (Wildman–Crippen LogP) is -0.466. The number of phenolic OH excluding ortho intramolecular Hbond substituents is 1. The van der Waals surface area contributed by atoms with Crippen LogP contribution in [0.25, 0.3) is 0 Å². The fourth-order valence-corrected chi connectivity index (χ4v) is 2.39. The minimum Gasteiger partial charge on any atom is -0.504 e. The molecule has 0 aliphatic carbocycles. The molecule has 0 spiro atoms. The molecule has 26 heavy (non-hydrogen) atoms. The van der Waals surface area contributed by atoms with Crippen LogP contribution in [0.1, 0.15) is 24.5 Å². The van der Waals surface area contributed by atoms with Crippen molar-refractivity contribution in [3.63, 3.8) is 0 Å². The fraction of sp³-hybridized carbons (Fsp3) is 0.529. The average molecular weight is 367 g/mol. The van der Waals surface area contributed by atoms with Crippen molar-refractivity contribution < 1.29 is 19.7 Å². The van der Waals surface area contributed by atoms with Gasteiger partial charge in [-0.25, -0.2) is 4.79 Å². The van der Waals surface area contributed by atoms with Gasteiger partial charge in [-0.05, 0) is 51.7 Å². The van der Waals surface area contributed by atoms with Crippen LogP contribution in [0.5, 0.6) is 11.5 Å². The Morgan fingerprint density at radius 1 is 1.38 bits per heavy atom. The van der Waals surface area contributed by atoms with Gasteiger partial charge in [-0.1, -0.05) is 6.07 Å². The molecule has 7 N–H and O–H groups in total. The number of nitrogens with one attached hydrogen (secondary N) is 1. The van der Waals surface area contributed by atoms with Crippen LogP contribution >= 0.6 is 0 Å². The first-order chi connectivity index (χ1) is 12.3. The second kappa shape index (κ2) is 10.6. The molecule has 9 heteroatoms. The Hall–Kier alpha value is -2.36. The number of likely N-dealkylation sites (N-methyl/N-ethyl adjacent to an activating group) is 2. The maximum atomic E-state index is 12.5. The van der Waals surface area contributed by atoms with Crippen LogP contribution in [0, 0.1) is 0 Å². The molecule has 146 valence electrons. The second-order valence-corrected chi connectivity index (χ2v) is 6.15. The summed E-state index contributed by atoms with van der Waals surface area (Å²) >= 11 is 0. The first-order valence-electron chi connectivity index (χ1n) is 8.35. The predicted molar refractivity (Wildman–Crippen MR) is 100 cm³/mol. The van der Waals surface area contributed by atoms with Gasteiger partial charge in [-0.2, -0.15) is 0 Å². The van der Waals surface area contributed by atoms with Gasteiger partial charge in [-0.3, -0.25) is 9.89 Å². The molecular weight excluding hydrogens is 338 g/mol. The molecule has 0 saturated carbocycles. The second-order valence-electron chi connectivity index (χ2n) is 6.15. The summed E-state index contributed by atoms with van der Waals surface area (Å²) in [4.78, 5) is 18.1. The van der Waals surface area contributed by atoms with Crippen molar-refractivity contribution in [3.05, 3.63) is 23.8 Å². The van der Waals surface area contributed by atoms with Gasteiger partial charge in [0.25, 0.3) is 0 Å². The lowest BCUT2D eigenvalue weighted by atomic mass is 10.1. The molecular formula is C17H29N5O4. The van der Waals surface area contributed by atoms with Crippen molar-refractivity contribution in [1.82, 2.24) is 10.2 Å². The fourth-order valence-electron chi connectivity index (χ4n) is 2.39. The zero-order valence-electron chi connectivity index (χ0n) is 15.5. The van der Waals surface area contributed by atoms with E-state index in [9.17, 15) is 15.0 Å². The Morgan fingerprint density at radius 3 is 2.65 bits per heavy atom. The topological polar surface area (TPSA) is 146 Å². The van der Waals surface area contributed by atoms with E-state index in [4.69, 9.17) is 16.2 Å². The first kappa shape index (κ1) is 21.7. The average Bonchev–Trinajstić information content (AvgIpc) is 2.56. The molecule has 0 heterocycles. The molecule has 0 amide bonds. The first-order valence-corrected chi connectivity index (χ1v) is 8.35. The normalized spacial score (nSPS) is 13.3. The molecule has 1 rings (SSSR count). The summed E-state index contributed by atoms with van der Waals surface area (Å²) in [5.74, 6) is -0.651. The number of hydrogen-bond donors (Lipinski definition) is 5. The minimum absolute atomic E-state index is 0.0100. The maximum Gasteiger partial charge on any atom is 0.328 e. The van der Waals surface area contributed by atoms with Crippen LogP contribution < -0.4 is 21.5 Å². The van der Waals surface area contributed by atoms with Crippen molar-refractivity contribution in [2.24, 2.45) is 16.5 Å². The molecule has 1 aromatic carbocycles. The van der Waals surface area contributed by atoms with E-state index in [1.165, 1.54) is 12.1 Å². The van der Waals surface area contributed by atoms with Crippen molar-refractivity contribution >= 4 is 11.9 Å². The zero-order valence-corrected chi connectivity index (χ0v) is 15.5. The number of hydrogen-bond acceptors (Lipinski definition) is 7. The van der Waals surface area contributed by atoms with Crippen LogP contribution in [0.15, 0.2) is 23.2 Å². The highest BCUT2D eigenvalue weighted by Crippen LogP contribution is 2.30. The van der Waals surface area contributed by atoms with Crippen LogP contribution in [0.2, 0.25) is 0 Å². The molecule has 0 fully saturated rings. The number of ether oxygens (including phenoxy) is 1. The van der Waals surface area contributed by atoms with E-state index in [-0.39, 0.29) is 17.5 Å². The Balaban J connectivity index is 2.81. The number of esters is 1. The molecule has 9 nitrogen and oxygen atoms in total. The number of nitrogens with two attached hydrogens (primary N) is 2. The number of phenols is 1. The van der Waals surface area contributed by atoms with Gasteiger partial charge in [0.15, 0.2) is 17.5 Å². The molecule has 2 atom stereocenters. The van der Waals surface area contributed by atoms with Crippen LogP contribution in [0.3, 0.4) is 0 Å². The summed E-state index contributed by atoms with van der Waals surface area (Å²) in [5, 5.41) is 22.8. The standard InChI is InChI=1S/C17H29N5O4/c1-20-10-14(24)11-6-7-13(23)15(9-11)26-16(25)12(22(2)3)5-4-8-21-17(18)19/h6-7,9,12,14,20,23-24H,4-5,8,10H2,1-3H3,(H4,18,19,21)/t12-,14?/m0/s1. The molecule has 1 unspecified atom stereocenters. The number of carbonyl (C=O) groups is 1. The van der Waals surface area contributed by atoms with E-state index < -0.39 is 18.1 Å². The van der Waals surface area contributed by atoms with Crippen molar-refractivity contribution in [2.75, 3.05) is 34.2 Å². The summed E-state index contributed by atoms with van der Waals surface area (Å²) in [5.41, 5.74) is 11.1. The van der Waals surface area contributed by atoms with Crippen molar-refractivity contribution in [1.29, 1.82) is 0 Å². The lowest BCUT2D eigenvalue weighted by molar-refractivity contribution is -0.139. The van der Waals surface area contributed by atoms with E-state index in [1.54, 1.807) is 32.1 Å². The van der Waals surface area contributed by atoms with Gasteiger partial charge in [-0.15, -0.1) is 0 Å². The quantitative estimate of drug-likeness (QED) is 0.123. The summed E-state index contributed by atoms with van der Waals surface area (Å²) in [6.45, 7) is 0.750. The van der Waals surface area contributed by atoms with E-state index in [2.05, 4.69) is 10.3 Å². The Labute approximate surface area is 153 Å². The number of nitrogens with zero attached hydrogens (tertiary/aromatic N) is 2. The van der Waals surface area contributed by atoms with E-state index in [1.807, 2.05) is 0 Å². The molecule has 0 radical (unpaired) electrons. The molecule has 0 saturated heterocycles. The zero-order chi connectivity index (χ0) is 19.7. The maximum absolute atomic E-state index is 12.5. The smallest absolute Gasteiger partial charge is 0.328 e. The van der Waals surface area contributed by atoms with Crippen LogP contribution in [0.4, 0.5) is 0 Å². The summed E-state index contributed by atoms with van der Waals surface area (Å²) < 4.78 is 5.37. The van der Waals surface area contributed by atoms with Gasteiger partial charge in [0, 0.05) is 13.1 Å². The Kier molecular flexibility index (Phi) is 8.83. The number of aliphatic imine (C=N–C) groups is 1. The molecule has 0 bridgehead atoms. The summed E-state index contributed by atoms with van der Waals surface area (Å²) in [7, 11) is 5.24. The van der Waals surface area contributed by atoms with E-state index >= 15 is 0 Å². The van der Waals surface area contributed by atoms with Gasteiger partial charge >= 0.3 is 5.97 Å². The Bertz CT molecular complexity index is 617. The van der Waals surface area contributed by atoms with Gasteiger partial charge in [0.05, 0.1) is 6.10 Å². The number of carbonyl (C=O) groups excluding carboxylic acids is 1. The van der Waals surface area contributed by atoms with Crippen LogP contribution in [-0.4, -0.2) is 67.3 Å². The van der Waals surface area contributed by atoms with Gasteiger partial charge < -0.3 is 31.7 Å². The minimum atomic E-state index is -0.776. The largest absolute Gasteiger partial charge is 0.504 e. The summed E-state index contributed by atoms with van der Waals surface area (Å²) in [6.07, 6.45) is 0.316. The van der Waals surface area contributed by atoms with Crippen molar-refractivity contribution in [3.8, 4) is 11.5 Å². The number of benzene rings is 1.